The molecule has 0 spiro atoms. The van der Waals surface area contributed by atoms with E-state index in [1.54, 1.807) is 6.07 Å². The molecule has 0 fully saturated rings. The van der Waals surface area contributed by atoms with Crippen molar-refractivity contribution in [1.82, 2.24) is 0 Å². The minimum atomic E-state index is -1.07. The molecular weight excluding hydrogens is 306 g/mol. The second kappa shape index (κ2) is 8.15. The molecule has 2 rings (SSSR count). The Morgan fingerprint density at radius 2 is 1.88 bits per heavy atom. The molecule has 24 heavy (non-hydrogen) atoms. The molecule has 126 valence electrons. The van der Waals surface area contributed by atoms with E-state index in [0.29, 0.717) is 18.0 Å². The zero-order chi connectivity index (χ0) is 17.5. The fourth-order valence-corrected chi connectivity index (χ4v) is 2.46. The maximum atomic E-state index is 12.1. The summed E-state index contributed by atoms with van der Waals surface area (Å²) < 4.78 is 5.05. The number of ether oxygens (including phenoxy) is 1. The van der Waals surface area contributed by atoms with Crippen LogP contribution in [0.25, 0.3) is 0 Å². The summed E-state index contributed by atoms with van der Waals surface area (Å²) in [4.78, 5) is 23.2. The van der Waals surface area contributed by atoms with Crippen LogP contribution >= 0.6 is 0 Å². The number of anilines is 1. The van der Waals surface area contributed by atoms with Crippen LogP contribution in [-0.2, 0) is 4.79 Å². The number of carboxylic acid groups (broad SMARTS) is 1. The van der Waals surface area contributed by atoms with E-state index < -0.39 is 5.97 Å². The number of hydrogen-bond acceptors (Lipinski definition) is 3. The summed E-state index contributed by atoms with van der Waals surface area (Å²) in [5.41, 5.74) is 1.79. The molecule has 5 heteroatoms. The topological polar surface area (TPSA) is 75.6 Å². The minimum absolute atomic E-state index is 0.0631. The maximum Gasteiger partial charge on any atom is 0.339 e. The predicted molar refractivity (Wildman–Crippen MR) is 92.7 cm³/mol. The van der Waals surface area contributed by atoms with Crippen molar-refractivity contribution in [3.8, 4) is 5.75 Å². The first kappa shape index (κ1) is 17.5. The molecule has 0 bridgehead atoms. The monoisotopic (exact) mass is 327 g/mol. The van der Waals surface area contributed by atoms with Crippen LogP contribution in [-0.4, -0.2) is 24.1 Å². The molecule has 0 aromatic heterocycles. The molecule has 2 aromatic rings. The number of hydrogen-bond donors (Lipinski definition) is 2. The van der Waals surface area contributed by atoms with Crippen molar-refractivity contribution in [1.29, 1.82) is 0 Å². The molecule has 0 aliphatic rings. The quantitative estimate of drug-likeness (QED) is 0.808. The Morgan fingerprint density at radius 3 is 2.50 bits per heavy atom. The van der Waals surface area contributed by atoms with E-state index in [1.807, 2.05) is 18.2 Å². The highest BCUT2D eigenvalue weighted by atomic mass is 16.5. The lowest BCUT2D eigenvalue weighted by atomic mass is 9.96. The highest BCUT2D eigenvalue weighted by Crippen LogP contribution is 2.24. The van der Waals surface area contributed by atoms with Gasteiger partial charge in [-0.1, -0.05) is 37.3 Å². The summed E-state index contributed by atoms with van der Waals surface area (Å²) in [6, 6.07) is 14.5. The van der Waals surface area contributed by atoms with Gasteiger partial charge in [-0.25, -0.2) is 4.79 Å². The first-order valence-electron chi connectivity index (χ1n) is 7.77. The number of carboxylic acids is 1. The third-order valence-corrected chi connectivity index (χ3v) is 3.89. The molecule has 2 N–H and O–H groups in total. The summed E-state index contributed by atoms with van der Waals surface area (Å²) in [7, 11) is 1.40. The Hall–Kier alpha value is -2.82. The van der Waals surface area contributed by atoms with Gasteiger partial charge in [-0.15, -0.1) is 0 Å². The van der Waals surface area contributed by atoms with E-state index in [4.69, 9.17) is 9.84 Å². The van der Waals surface area contributed by atoms with Gasteiger partial charge in [0, 0.05) is 18.2 Å². The van der Waals surface area contributed by atoms with Crippen molar-refractivity contribution < 1.29 is 19.4 Å². The Labute approximate surface area is 141 Å². The van der Waals surface area contributed by atoms with Crippen LogP contribution in [0.2, 0.25) is 0 Å². The zero-order valence-corrected chi connectivity index (χ0v) is 13.8. The van der Waals surface area contributed by atoms with E-state index in [9.17, 15) is 9.59 Å². The summed E-state index contributed by atoms with van der Waals surface area (Å²) in [6.07, 6.45) is 1.12. The van der Waals surface area contributed by atoms with E-state index >= 15 is 0 Å². The third kappa shape index (κ3) is 4.59. The fourth-order valence-electron chi connectivity index (χ4n) is 2.46. The highest BCUT2D eigenvalue weighted by Gasteiger charge is 2.13. The van der Waals surface area contributed by atoms with Gasteiger partial charge in [0.15, 0.2) is 0 Å². The number of nitrogens with one attached hydrogen (secondary N) is 1. The number of carbonyl (C=O) groups excluding carboxylic acids is 1. The van der Waals surface area contributed by atoms with Gasteiger partial charge in [-0.05, 0) is 30.0 Å². The summed E-state index contributed by atoms with van der Waals surface area (Å²) in [5, 5.41) is 11.8. The number of benzene rings is 2. The molecule has 1 amide bonds. The number of methoxy groups -OCH3 is 1. The van der Waals surface area contributed by atoms with E-state index in [-0.39, 0.29) is 17.2 Å². The van der Waals surface area contributed by atoms with E-state index in [2.05, 4.69) is 24.4 Å². The second-order valence-electron chi connectivity index (χ2n) is 5.62. The fraction of sp³-hybridized carbons (Fsp3) is 0.263. The Kier molecular flexibility index (Phi) is 5.95. The number of amides is 1. The van der Waals surface area contributed by atoms with Gasteiger partial charge in [0.1, 0.15) is 11.3 Å². The van der Waals surface area contributed by atoms with Crippen LogP contribution in [0.1, 0.15) is 41.6 Å². The lowest BCUT2D eigenvalue weighted by molar-refractivity contribution is -0.116. The van der Waals surface area contributed by atoms with Gasteiger partial charge in [0.2, 0.25) is 5.91 Å². The molecule has 0 aliphatic heterocycles. The van der Waals surface area contributed by atoms with Crippen molar-refractivity contribution in [2.75, 3.05) is 12.4 Å². The molecule has 1 unspecified atom stereocenters. The van der Waals surface area contributed by atoms with E-state index in [1.165, 1.54) is 24.8 Å². The van der Waals surface area contributed by atoms with Gasteiger partial charge in [-0.2, -0.15) is 0 Å². The Balaban J connectivity index is 1.94. The van der Waals surface area contributed by atoms with Crippen molar-refractivity contribution in [3.05, 3.63) is 59.7 Å². The average molecular weight is 327 g/mol. The summed E-state index contributed by atoms with van der Waals surface area (Å²) >= 11 is 0. The van der Waals surface area contributed by atoms with Crippen molar-refractivity contribution >= 4 is 17.6 Å². The van der Waals surface area contributed by atoms with Gasteiger partial charge in [0.25, 0.3) is 0 Å². The molecule has 0 saturated carbocycles. The predicted octanol–water partition coefficient (Wildman–Crippen LogP) is 3.92. The SMILES string of the molecule is COc1cc(NC(=O)CCC(C)c2ccccc2)ccc1C(=O)O. The normalized spacial score (nSPS) is 11.6. The van der Waals surface area contributed by atoms with Crippen molar-refractivity contribution in [3.63, 3.8) is 0 Å². The molecule has 0 aliphatic carbocycles. The first-order chi connectivity index (χ1) is 11.5. The third-order valence-electron chi connectivity index (χ3n) is 3.89. The maximum absolute atomic E-state index is 12.1. The van der Waals surface area contributed by atoms with Gasteiger partial charge < -0.3 is 15.2 Å². The average Bonchev–Trinajstić information content (AvgIpc) is 2.60. The lowest BCUT2D eigenvalue weighted by Gasteiger charge is -2.12. The lowest BCUT2D eigenvalue weighted by Crippen LogP contribution is -2.13. The standard InChI is InChI=1S/C19H21NO4/c1-13(14-6-4-3-5-7-14)8-11-18(21)20-15-9-10-16(19(22)23)17(12-15)24-2/h3-7,9-10,12-13H,8,11H2,1-2H3,(H,20,21)(H,22,23). The smallest absolute Gasteiger partial charge is 0.339 e. The largest absolute Gasteiger partial charge is 0.496 e. The molecule has 0 heterocycles. The van der Waals surface area contributed by atoms with Crippen LogP contribution in [0.15, 0.2) is 48.5 Å². The molecule has 0 saturated heterocycles. The van der Waals surface area contributed by atoms with Crippen molar-refractivity contribution in [2.45, 2.75) is 25.7 Å². The summed E-state index contributed by atoms with van der Waals surface area (Å²) in [6.45, 7) is 2.09. The van der Waals surface area contributed by atoms with Crippen LogP contribution < -0.4 is 10.1 Å². The number of aromatic carboxylic acids is 1. The molecule has 2 aromatic carbocycles. The number of carbonyl (C=O) groups is 2. The van der Waals surface area contributed by atoms with Gasteiger partial charge in [-0.3, -0.25) is 4.79 Å². The zero-order valence-electron chi connectivity index (χ0n) is 13.8. The van der Waals surface area contributed by atoms with E-state index in [0.717, 1.165) is 6.42 Å². The van der Waals surface area contributed by atoms with Crippen LogP contribution in [0.5, 0.6) is 5.75 Å². The van der Waals surface area contributed by atoms with Crippen LogP contribution in [0.4, 0.5) is 5.69 Å². The second-order valence-corrected chi connectivity index (χ2v) is 5.62. The van der Waals surface area contributed by atoms with Crippen molar-refractivity contribution in [2.24, 2.45) is 0 Å². The molecule has 5 nitrogen and oxygen atoms in total. The first-order valence-corrected chi connectivity index (χ1v) is 7.77. The van der Waals surface area contributed by atoms with Gasteiger partial charge >= 0.3 is 5.97 Å². The Bertz CT molecular complexity index is 713. The van der Waals surface area contributed by atoms with Crippen LogP contribution in [0, 0.1) is 0 Å². The Morgan fingerprint density at radius 1 is 1.17 bits per heavy atom. The summed E-state index contributed by atoms with van der Waals surface area (Å²) in [5.74, 6) is -0.664. The highest BCUT2D eigenvalue weighted by molar-refractivity contribution is 5.94. The molecular formula is C19H21NO4. The molecule has 0 radical (unpaired) electrons. The minimum Gasteiger partial charge on any atom is -0.496 e. The van der Waals surface area contributed by atoms with Gasteiger partial charge in [0.05, 0.1) is 7.11 Å². The number of rotatable bonds is 7. The molecule has 1 atom stereocenters. The van der Waals surface area contributed by atoms with Crippen LogP contribution in [0.3, 0.4) is 0 Å².